The second-order valence-corrected chi connectivity index (χ2v) is 4.27. The van der Waals surface area contributed by atoms with Gasteiger partial charge in [-0.1, -0.05) is 19.1 Å². The molecule has 0 bridgehead atoms. The van der Waals surface area contributed by atoms with Gasteiger partial charge in [0.05, 0.1) is 13.7 Å². The fourth-order valence-corrected chi connectivity index (χ4v) is 2.06. The number of aromatic nitrogens is 2. The number of ether oxygens (including phenoxy) is 1. The Kier molecular flexibility index (Phi) is 4.24. The van der Waals surface area contributed by atoms with Crippen LogP contribution in [0.2, 0.25) is 0 Å². The highest BCUT2D eigenvalue weighted by atomic mass is 16.5. The zero-order valence-corrected chi connectivity index (χ0v) is 11.1. The van der Waals surface area contributed by atoms with E-state index in [-0.39, 0.29) is 0 Å². The van der Waals surface area contributed by atoms with E-state index in [0.717, 1.165) is 23.6 Å². The largest absolute Gasteiger partial charge is 0.496 e. The van der Waals surface area contributed by atoms with Gasteiger partial charge < -0.3 is 19.4 Å². The van der Waals surface area contributed by atoms with Gasteiger partial charge in [-0.25, -0.2) is 4.98 Å². The van der Waals surface area contributed by atoms with E-state index in [9.17, 15) is 10.0 Å². The van der Waals surface area contributed by atoms with Crippen molar-refractivity contribution in [2.45, 2.75) is 19.9 Å². The molecule has 0 radical (unpaired) electrons. The number of nitrogens with zero attached hydrogens (tertiary/aromatic N) is 2. The van der Waals surface area contributed by atoms with Crippen LogP contribution in [0.15, 0.2) is 30.6 Å². The fourth-order valence-electron chi connectivity index (χ4n) is 2.06. The number of rotatable bonds is 5. The lowest BCUT2D eigenvalue weighted by Gasteiger charge is -2.12. The van der Waals surface area contributed by atoms with Crippen molar-refractivity contribution in [3.8, 4) is 5.75 Å². The first-order valence-electron chi connectivity index (χ1n) is 6.18. The van der Waals surface area contributed by atoms with E-state index in [2.05, 4.69) is 4.98 Å². The maximum Gasteiger partial charge on any atom is 0.488 e. The molecule has 100 valence electrons. The first kappa shape index (κ1) is 13.6. The maximum atomic E-state index is 9.23. The molecule has 0 amide bonds. The van der Waals surface area contributed by atoms with Crippen molar-refractivity contribution in [2.24, 2.45) is 0 Å². The molecule has 0 aliphatic carbocycles. The molecule has 19 heavy (non-hydrogen) atoms. The molecule has 0 aliphatic rings. The molecule has 0 atom stereocenters. The highest BCUT2D eigenvalue weighted by molar-refractivity contribution is 6.58. The highest BCUT2D eigenvalue weighted by Crippen LogP contribution is 2.18. The third-order valence-corrected chi connectivity index (χ3v) is 3.06. The standard InChI is InChI=1S/C13H17BN2O3/c1-3-13-15-6-7-16(13)9-10-8-11(14(17)18)4-5-12(10)19-2/h4-8,17-18H,3,9H2,1-2H3. The molecule has 0 unspecified atom stereocenters. The Labute approximate surface area is 112 Å². The van der Waals surface area contributed by atoms with Gasteiger partial charge in [0, 0.05) is 24.4 Å². The Hall–Kier alpha value is -1.79. The monoisotopic (exact) mass is 260 g/mol. The molecular weight excluding hydrogens is 243 g/mol. The van der Waals surface area contributed by atoms with Gasteiger partial charge in [-0.3, -0.25) is 0 Å². The van der Waals surface area contributed by atoms with Gasteiger partial charge in [0.15, 0.2) is 0 Å². The molecule has 2 rings (SSSR count). The second-order valence-electron chi connectivity index (χ2n) is 4.27. The molecule has 0 saturated heterocycles. The van der Waals surface area contributed by atoms with Gasteiger partial charge >= 0.3 is 7.12 Å². The Morgan fingerprint density at radius 2 is 2.16 bits per heavy atom. The third kappa shape index (κ3) is 2.97. The quantitative estimate of drug-likeness (QED) is 0.753. The van der Waals surface area contributed by atoms with Crippen molar-refractivity contribution in [1.82, 2.24) is 9.55 Å². The lowest BCUT2D eigenvalue weighted by atomic mass is 9.79. The molecule has 6 heteroatoms. The summed E-state index contributed by atoms with van der Waals surface area (Å²) in [5.74, 6) is 1.71. The van der Waals surface area contributed by atoms with Crippen LogP contribution >= 0.6 is 0 Å². The summed E-state index contributed by atoms with van der Waals surface area (Å²) in [4.78, 5) is 4.27. The van der Waals surface area contributed by atoms with E-state index in [1.54, 1.807) is 31.5 Å². The Morgan fingerprint density at radius 3 is 2.79 bits per heavy atom. The van der Waals surface area contributed by atoms with Crippen LogP contribution in [0.5, 0.6) is 5.75 Å². The van der Waals surface area contributed by atoms with Crippen molar-refractivity contribution in [3.05, 3.63) is 42.0 Å². The Morgan fingerprint density at radius 1 is 1.37 bits per heavy atom. The maximum absolute atomic E-state index is 9.23. The van der Waals surface area contributed by atoms with Gasteiger partial charge in [0.1, 0.15) is 11.6 Å². The molecule has 0 saturated carbocycles. The lowest BCUT2D eigenvalue weighted by molar-refractivity contribution is 0.407. The van der Waals surface area contributed by atoms with Crippen molar-refractivity contribution in [2.75, 3.05) is 7.11 Å². The summed E-state index contributed by atoms with van der Waals surface area (Å²) in [7, 11) is 0.126. The summed E-state index contributed by atoms with van der Waals surface area (Å²) in [6, 6.07) is 5.12. The molecule has 0 fully saturated rings. The molecular formula is C13H17BN2O3. The van der Waals surface area contributed by atoms with E-state index in [1.807, 2.05) is 17.7 Å². The van der Waals surface area contributed by atoms with Crippen LogP contribution < -0.4 is 10.2 Å². The first-order valence-corrected chi connectivity index (χ1v) is 6.18. The van der Waals surface area contributed by atoms with E-state index in [4.69, 9.17) is 4.74 Å². The number of aryl methyl sites for hydroxylation is 1. The van der Waals surface area contributed by atoms with Gasteiger partial charge in [0.25, 0.3) is 0 Å². The lowest BCUT2D eigenvalue weighted by Crippen LogP contribution is -2.30. The van der Waals surface area contributed by atoms with Crippen molar-refractivity contribution in [3.63, 3.8) is 0 Å². The van der Waals surface area contributed by atoms with Crippen LogP contribution in [0.25, 0.3) is 0 Å². The molecule has 1 aromatic carbocycles. The summed E-state index contributed by atoms with van der Waals surface area (Å²) >= 11 is 0. The minimum absolute atomic E-state index is 0.453. The van der Waals surface area contributed by atoms with Crippen molar-refractivity contribution in [1.29, 1.82) is 0 Å². The average molecular weight is 260 g/mol. The molecule has 0 aliphatic heterocycles. The molecule has 2 aromatic rings. The van der Waals surface area contributed by atoms with Crippen LogP contribution in [-0.2, 0) is 13.0 Å². The summed E-state index contributed by atoms with van der Waals surface area (Å²) in [6.07, 6.45) is 4.51. The zero-order valence-electron chi connectivity index (χ0n) is 11.1. The van der Waals surface area contributed by atoms with E-state index < -0.39 is 7.12 Å². The Balaban J connectivity index is 2.34. The number of methoxy groups -OCH3 is 1. The summed E-state index contributed by atoms with van der Waals surface area (Å²) in [5, 5.41) is 18.5. The number of hydrogen-bond acceptors (Lipinski definition) is 4. The number of hydrogen-bond donors (Lipinski definition) is 2. The van der Waals surface area contributed by atoms with Crippen LogP contribution in [0.1, 0.15) is 18.3 Å². The SMILES string of the molecule is CCc1nccn1Cc1cc(B(O)O)ccc1OC. The first-order chi connectivity index (χ1) is 9.15. The topological polar surface area (TPSA) is 67.5 Å². The molecule has 5 nitrogen and oxygen atoms in total. The number of imidazole rings is 1. The van der Waals surface area contributed by atoms with Gasteiger partial charge in [0.2, 0.25) is 0 Å². The summed E-state index contributed by atoms with van der Waals surface area (Å²) < 4.78 is 7.32. The molecule has 1 heterocycles. The molecule has 2 N–H and O–H groups in total. The zero-order chi connectivity index (χ0) is 13.8. The van der Waals surface area contributed by atoms with Crippen LogP contribution in [0.3, 0.4) is 0 Å². The minimum atomic E-state index is -1.47. The minimum Gasteiger partial charge on any atom is -0.496 e. The predicted molar refractivity (Wildman–Crippen MR) is 73.5 cm³/mol. The van der Waals surface area contributed by atoms with E-state index >= 15 is 0 Å². The van der Waals surface area contributed by atoms with E-state index in [1.165, 1.54) is 0 Å². The summed E-state index contributed by atoms with van der Waals surface area (Å²) in [6.45, 7) is 2.64. The van der Waals surface area contributed by atoms with Gasteiger partial charge in [-0.2, -0.15) is 0 Å². The van der Waals surface area contributed by atoms with Crippen LogP contribution in [0.4, 0.5) is 0 Å². The highest BCUT2D eigenvalue weighted by Gasteiger charge is 2.14. The smallest absolute Gasteiger partial charge is 0.488 e. The van der Waals surface area contributed by atoms with Crippen molar-refractivity contribution < 1.29 is 14.8 Å². The normalized spacial score (nSPS) is 10.5. The molecule has 1 aromatic heterocycles. The number of benzene rings is 1. The van der Waals surface area contributed by atoms with E-state index in [0.29, 0.717) is 12.0 Å². The van der Waals surface area contributed by atoms with Gasteiger partial charge in [-0.15, -0.1) is 0 Å². The molecule has 0 spiro atoms. The van der Waals surface area contributed by atoms with Crippen LogP contribution in [0, 0.1) is 0 Å². The third-order valence-electron chi connectivity index (χ3n) is 3.06. The van der Waals surface area contributed by atoms with Crippen LogP contribution in [-0.4, -0.2) is 33.8 Å². The van der Waals surface area contributed by atoms with Gasteiger partial charge in [-0.05, 0) is 11.5 Å². The second kappa shape index (κ2) is 5.90. The fraction of sp³-hybridized carbons (Fsp3) is 0.308. The predicted octanol–water partition coefficient (Wildman–Crippen LogP) is 0.182. The summed E-state index contributed by atoms with van der Waals surface area (Å²) in [5.41, 5.74) is 1.34. The Bertz CT molecular complexity index is 555. The average Bonchev–Trinajstić information content (AvgIpc) is 2.85. The van der Waals surface area contributed by atoms with Crippen molar-refractivity contribution >= 4 is 12.6 Å².